The number of carbonyl (C=O) groups excluding carboxylic acids is 1. The summed E-state index contributed by atoms with van der Waals surface area (Å²) in [6, 6.07) is 7.55. The number of benzene rings is 1. The number of nitrogens with one attached hydrogen (secondary N) is 3. The number of amides is 1. The molecule has 19 heavy (non-hydrogen) atoms. The number of rotatable bonds is 5. The molecule has 0 unspecified atom stereocenters. The molecule has 4 nitrogen and oxygen atoms in total. The SMILES string of the molecule is CCCNC(=O)[C@H](C)NC(=S)Nc1ccc(C)cc1. The molecule has 1 amide bonds. The molecule has 1 rings (SSSR count). The molecule has 0 spiro atoms. The molecule has 1 atom stereocenters. The fourth-order valence-electron chi connectivity index (χ4n) is 1.47. The summed E-state index contributed by atoms with van der Waals surface area (Å²) in [5.74, 6) is -0.0464. The van der Waals surface area contributed by atoms with Gasteiger partial charge in [0.1, 0.15) is 6.04 Å². The van der Waals surface area contributed by atoms with E-state index in [1.54, 1.807) is 6.92 Å². The predicted molar refractivity (Wildman–Crippen MR) is 83.3 cm³/mol. The highest BCUT2D eigenvalue weighted by molar-refractivity contribution is 7.80. The van der Waals surface area contributed by atoms with Crippen LogP contribution < -0.4 is 16.0 Å². The molecular weight excluding hydrogens is 258 g/mol. The second-order valence-corrected chi connectivity index (χ2v) is 4.89. The zero-order chi connectivity index (χ0) is 14.3. The van der Waals surface area contributed by atoms with Gasteiger partial charge in [-0.25, -0.2) is 0 Å². The van der Waals surface area contributed by atoms with E-state index in [1.165, 1.54) is 5.56 Å². The van der Waals surface area contributed by atoms with E-state index < -0.39 is 0 Å². The van der Waals surface area contributed by atoms with Gasteiger partial charge in [-0.2, -0.15) is 0 Å². The van der Waals surface area contributed by atoms with Crippen LogP contribution in [-0.4, -0.2) is 23.6 Å². The van der Waals surface area contributed by atoms with E-state index in [2.05, 4.69) is 16.0 Å². The molecule has 3 N–H and O–H groups in total. The maximum atomic E-state index is 11.7. The van der Waals surface area contributed by atoms with Crippen LogP contribution >= 0.6 is 12.2 Å². The summed E-state index contributed by atoms with van der Waals surface area (Å²) in [5.41, 5.74) is 2.10. The van der Waals surface area contributed by atoms with E-state index in [1.807, 2.05) is 38.1 Å². The van der Waals surface area contributed by atoms with E-state index in [0.717, 1.165) is 12.1 Å². The van der Waals surface area contributed by atoms with Crippen LogP contribution in [0.2, 0.25) is 0 Å². The van der Waals surface area contributed by atoms with Gasteiger partial charge < -0.3 is 16.0 Å². The van der Waals surface area contributed by atoms with E-state index >= 15 is 0 Å². The second kappa shape index (κ2) is 7.74. The van der Waals surface area contributed by atoms with Gasteiger partial charge in [0.25, 0.3) is 0 Å². The summed E-state index contributed by atoms with van der Waals surface area (Å²) in [4.78, 5) is 11.7. The quantitative estimate of drug-likeness (QED) is 0.723. The van der Waals surface area contributed by atoms with Crippen LogP contribution in [-0.2, 0) is 4.79 Å². The van der Waals surface area contributed by atoms with Gasteiger partial charge in [-0.15, -0.1) is 0 Å². The van der Waals surface area contributed by atoms with Crippen molar-refractivity contribution in [3.05, 3.63) is 29.8 Å². The number of hydrogen-bond donors (Lipinski definition) is 3. The van der Waals surface area contributed by atoms with Crippen molar-refractivity contribution < 1.29 is 4.79 Å². The van der Waals surface area contributed by atoms with E-state index in [-0.39, 0.29) is 11.9 Å². The number of carbonyl (C=O) groups is 1. The number of thiocarbonyl (C=S) groups is 1. The first-order valence-corrected chi connectivity index (χ1v) is 6.85. The minimum absolute atomic E-state index is 0.0464. The molecule has 0 bridgehead atoms. The molecule has 1 aromatic rings. The lowest BCUT2D eigenvalue weighted by Gasteiger charge is -2.16. The van der Waals surface area contributed by atoms with Crippen LogP contribution in [0.15, 0.2) is 24.3 Å². The van der Waals surface area contributed by atoms with Gasteiger partial charge in [0.15, 0.2) is 5.11 Å². The molecule has 0 saturated heterocycles. The van der Waals surface area contributed by atoms with Crippen molar-refractivity contribution >= 4 is 28.9 Å². The molecular formula is C14H21N3OS. The van der Waals surface area contributed by atoms with Gasteiger partial charge in [-0.3, -0.25) is 4.79 Å². The molecule has 5 heteroatoms. The van der Waals surface area contributed by atoms with Crippen molar-refractivity contribution in [2.45, 2.75) is 33.2 Å². The zero-order valence-corrected chi connectivity index (χ0v) is 12.4. The first kappa shape index (κ1) is 15.4. The molecule has 0 aliphatic rings. The first-order chi connectivity index (χ1) is 9.02. The molecule has 0 aromatic heterocycles. The number of anilines is 1. The molecule has 0 aliphatic carbocycles. The van der Waals surface area contributed by atoms with Crippen LogP contribution in [0.4, 0.5) is 5.69 Å². The molecule has 1 aromatic carbocycles. The normalized spacial score (nSPS) is 11.5. The van der Waals surface area contributed by atoms with Crippen molar-refractivity contribution in [3.63, 3.8) is 0 Å². The predicted octanol–water partition coefficient (Wildman–Crippen LogP) is 2.20. The molecule has 104 valence electrons. The smallest absolute Gasteiger partial charge is 0.242 e. The highest BCUT2D eigenvalue weighted by atomic mass is 32.1. The summed E-state index contributed by atoms with van der Waals surface area (Å²) < 4.78 is 0. The monoisotopic (exact) mass is 279 g/mol. The van der Waals surface area contributed by atoms with Crippen molar-refractivity contribution in [1.29, 1.82) is 0 Å². The Morgan fingerprint density at radius 1 is 1.32 bits per heavy atom. The summed E-state index contributed by atoms with van der Waals surface area (Å²) in [5, 5.41) is 9.28. The van der Waals surface area contributed by atoms with Crippen LogP contribution in [0.1, 0.15) is 25.8 Å². The highest BCUT2D eigenvalue weighted by Gasteiger charge is 2.12. The summed E-state index contributed by atoms with van der Waals surface area (Å²) in [6.07, 6.45) is 0.921. The van der Waals surface area contributed by atoms with E-state index in [9.17, 15) is 4.79 Å². The lowest BCUT2D eigenvalue weighted by molar-refractivity contribution is -0.122. The Hall–Kier alpha value is -1.62. The average molecular weight is 279 g/mol. The molecule has 0 radical (unpaired) electrons. The second-order valence-electron chi connectivity index (χ2n) is 4.48. The molecule has 0 heterocycles. The van der Waals surface area contributed by atoms with Crippen LogP contribution in [0.3, 0.4) is 0 Å². The van der Waals surface area contributed by atoms with Crippen molar-refractivity contribution in [3.8, 4) is 0 Å². The van der Waals surface area contributed by atoms with Gasteiger partial charge in [0.05, 0.1) is 0 Å². The van der Waals surface area contributed by atoms with Crippen LogP contribution in [0, 0.1) is 6.92 Å². The van der Waals surface area contributed by atoms with Gasteiger partial charge in [-0.1, -0.05) is 24.6 Å². The molecule has 0 fully saturated rings. The standard InChI is InChI=1S/C14H21N3OS/c1-4-9-15-13(18)11(3)16-14(19)17-12-7-5-10(2)6-8-12/h5-8,11H,4,9H2,1-3H3,(H,15,18)(H2,16,17,19)/t11-/m0/s1. The Labute approximate surface area is 120 Å². The fourth-order valence-corrected chi connectivity index (χ4v) is 1.76. The Bertz CT molecular complexity index is 431. The van der Waals surface area contributed by atoms with Gasteiger partial charge >= 0.3 is 0 Å². The van der Waals surface area contributed by atoms with Crippen LogP contribution in [0.25, 0.3) is 0 Å². The summed E-state index contributed by atoms with van der Waals surface area (Å²) in [7, 11) is 0. The number of aryl methyl sites for hydroxylation is 1. The third kappa shape index (κ3) is 5.70. The molecule has 0 aliphatic heterocycles. The third-order valence-corrected chi connectivity index (χ3v) is 2.82. The van der Waals surface area contributed by atoms with Crippen molar-refractivity contribution in [2.24, 2.45) is 0 Å². The zero-order valence-electron chi connectivity index (χ0n) is 11.6. The average Bonchev–Trinajstić information content (AvgIpc) is 2.38. The third-order valence-electron chi connectivity index (χ3n) is 2.60. The lowest BCUT2D eigenvalue weighted by atomic mass is 10.2. The Morgan fingerprint density at radius 3 is 2.53 bits per heavy atom. The fraction of sp³-hybridized carbons (Fsp3) is 0.429. The van der Waals surface area contributed by atoms with E-state index in [4.69, 9.17) is 12.2 Å². The maximum Gasteiger partial charge on any atom is 0.242 e. The summed E-state index contributed by atoms with van der Waals surface area (Å²) >= 11 is 5.17. The maximum absolute atomic E-state index is 11.7. The minimum Gasteiger partial charge on any atom is -0.354 e. The molecule has 0 saturated carbocycles. The Morgan fingerprint density at radius 2 is 1.95 bits per heavy atom. The number of hydrogen-bond acceptors (Lipinski definition) is 2. The van der Waals surface area contributed by atoms with Gasteiger partial charge in [0.2, 0.25) is 5.91 Å². The van der Waals surface area contributed by atoms with Crippen LogP contribution in [0.5, 0.6) is 0 Å². The van der Waals surface area contributed by atoms with Gasteiger partial charge in [-0.05, 0) is 44.6 Å². The van der Waals surface area contributed by atoms with Gasteiger partial charge in [0, 0.05) is 12.2 Å². The largest absolute Gasteiger partial charge is 0.354 e. The lowest BCUT2D eigenvalue weighted by Crippen LogP contribution is -2.46. The van der Waals surface area contributed by atoms with E-state index in [0.29, 0.717) is 11.7 Å². The van der Waals surface area contributed by atoms with Crippen molar-refractivity contribution in [1.82, 2.24) is 10.6 Å². The topological polar surface area (TPSA) is 53.2 Å². The first-order valence-electron chi connectivity index (χ1n) is 6.44. The Balaban J connectivity index is 2.42. The Kier molecular flexibility index (Phi) is 6.29. The van der Waals surface area contributed by atoms with Crippen molar-refractivity contribution in [2.75, 3.05) is 11.9 Å². The highest BCUT2D eigenvalue weighted by Crippen LogP contribution is 2.08. The summed E-state index contributed by atoms with van der Waals surface area (Å²) in [6.45, 7) is 6.51. The minimum atomic E-state index is -0.350.